The van der Waals surface area contributed by atoms with Crippen LogP contribution in [-0.2, 0) is 9.84 Å². The van der Waals surface area contributed by atoms with Gasteiger partial charge >= 0.3 is 0 Å². The van der Waals surface area contributed by atoms with Crippen molar-refractivity contribution in [3.05, 3.63) is 0 Å². The quantitative estimate of drug-likeness (QED) is 0.549. The topological polar surface area (TPSA) is 72.2 Å². The zero-order chi connectivity index (χ0) is 9.69. The van der Waals surface area contributed by atoms with Crippen LogP contribution in [0.4, 0.5) is 0 Å². The summed E-state index contributed by atoms with van der Waals surface area (Å²) in [7, 11) is -2.92. The number of thiocarbonyl (C=S) groups is 1. The van der Waals surface area contributed by atoms with Crippen molar-refractivity contribution in [1.29, 1.82) is 0 Å². The highest BCUT2D eigenvalue weighted by Crippen LogP contribution is 2.40. The molecule has 0 amide bonds. The highest BCUT2D eigenvalue weighted by molar-refractivity contribution is 7.91. The van der Waals surface area contributed by atoms with E-state index in [0.717, 1.165) is 6.54 Å². The molecule has 0 aromatic carbocycles. The third-order valence-corrected chi connectivity index (χ3v) is 5.31. The number of fused-ring (bicyclic) bond motifs is 1. The second kappa shape index (κ2) is 2.65. The fourth-order valence-electron chi connectivity index (χ4n) is 2.31. The van der Waals surface area contributed by atoms with Gasteiger partial charge in [0.05, 0.1) is 21.9 Å². The number of rotatable bonds is 1. The van der Waals surface area contributed by atoms with Crippen LogP contribution in [0.15, 0.2) is 0 Å². The monoisotopic (exact) mass is 220 g/mol. The number of nitrogens with two attached hydrogens (primary N) is 1. The predicted molar refractivity (Wildman–Crippen MR) is 54.2 cm³/mol. The van der Waals surface area contributed by atoms with Crippen LogP contribution in [0.2, 0.25) is 0 Å². The van der Waals surface area contributed by atoms with Crippen molar-refractivity contribution in [2.75, 3.05) is 24.6 Å². The standard InChI is InChI=1S/C7H12N2O2S2/c8-6(12)7-3-9-1-5(7)2-13(10,11)4-7/h5,9H,1-4H2,(H2,8,12)/t5-,7+/m0/s1. The van der Waals surface area contributed by atoms with E-state index in [4.69, 9.17) is 18.0 Å². The average Bonchev–Trinajstić information content (AvgIpc) is 2.40. The summed E-state index contributed by atoms with van der Waals surface area (Å²) in [6.07, 6.45) is 0. The van der Waals surface area contributed by atoms with E-state index in [1.807, 2.05) is 0 Å². The Morgan fingerprint density at radius 3 is 2.85 bits per heavy atom. The van der Waals surface area contributed by atoms with Crippen molar-refractivity contribution in [2.45, 2.75) is 0 Å². The molecule has 13 heavy (non-hydrogen) atoms. The molecule has 74 valence electrons. The van der Waals surface area contributed by atoms with Crippen LogP contribution in [0.3, 0.4) is 0 Å². The van der Waals surface area contributed by atoms with Crippen LogP contribution in [0.1, 0.15) is 0 Å². The van der Waals surface area contributed by atoms with Gasteiger partial charge in [-0.25, -0.2) is 8.42 Å². The van der Waals surface area contributed by atoms with E-state index in [0.29, 0.717) is 11.5 Å². The van der Waals surface area contributed by atoms with Crippen LogP contribution < -0.4 is 11.1 Å². The Kier molecular flexibility index (Phi) is 1.91. The van der Waals surface area contributed by atoms with Crippen molar-refractivity contribution in [3.63, 3.8) is 0 Å². The third-order valence-electron chi connectivity index (χ3n) is 3.04. The molecule has 0 bridgehead atoms. The summed E-state index contributed by atoms with van der Waals surface area (Å²) in [5.74, 6) is 0.458. The minimum atomic E-state index is -2.92. The molecule has 0 spiro atoms. The Labute approximate surface area is 82.8 Å². The summed E-state index contributed by atoms with van der Waals surface area (Å²) < 4.78 is 22.8. The lowest BCUT2D eigenvalue weighted by molar-refractivity contribution is 0.435. The molecule has 2 saturated heterocycles. The smallest absolute Gasteiger partial charge is 0.151 e. The summed E-state index contributed by atoms with van der Waals surface area (Å²) in [4.78, 5) is 0.351. The molecular weight excluding hydrogens is 208 g/mol. The van der Waals surface area contributed by atoms with Gasteiger partial charge in [0.25, 0.3) is 0 Å². The lowest BCUT2D eigenvalue weighted by Crippen LogP contribution is -2.42. The summed E-state index contributed by atoms with van der Waals surface area (Å²) >= 11 is 4.96. The van der Waals surface area contributed by atoms with Crippen LogP contribution in [-0.4, -0.2) is 38.0 Å². The van der Waals surface area contributed by atoms with Gasteiger partial charge < -0.3 is 11.1 Å². The maximum Gasteiger partial charge on any atom is 0.151 e. The largest absolute Gasteiger partial charge is 0.393 e. The molecule has 0 aliphatic carbocycles. The van der Waals surface area contributed by atoms with Crippen molar-refractivity contribution in [3.8, 4) is 0 Å². The molecule has 2 aliphatic rings. The summed E-state index contributed by atoms with van der Waals surface area (Å²) in [6.45, 7) is 1.34. The number of nitrogens with one attached hydrogen (secondary N) is 1. The molecule has 0 aromatic heterocycles. The Morgan fingerprint density at radius 2 is 2.31 bits per heavy atom. The first-order valence-corrected chi connectivity index (χ1v) is 6.40. The third kappa shape index (κ3) is 1.28. The SMILES string of the molecule is NC(=S)[C@@]12CNC[C@H]1CS(=O)(=O)C2. The van der Waals surface area contributed by atoms with Gasteiger partial charge in [-0.2, -0.15) is 0 Å². The molecule has 2 atom stereocenters. The predicted octanol–water partition coefficient (Wildman–Crippen LogP) is -1.09. The maximum absolute atomic E-state index is 11.4. The van der Waals surface area contributed by atoms with E-state index in [-0.39, 0.29) is 17.4 Å². The van der Waals surface area contributed by atoms with E-state index in [1.54, 1.807) is 0 Å². The lowest BCUT2D eigenvalue weighted by Gasteiger charge is -2.24. The van der Waals surface area contributed by atoms with Crippen molar-refractivity contribution in [1.82, 2.24) is 5.32 Å². The highest BCUT2D eigenvalue weighted by Gasteiger charge is 2.54. The van der Waals surface area contributed by atoms with E-state index in [2.05, 4.69) is 5.32 Å². The van der Waals surface area contributed by atoms with Crippen molar-refractivity contribution < 1.29 is 8.42 Å². The Balaban J connectivity index is 2.41. The van der Waals surface area contributed by atoms with Gasteiger partial charge in [-0.05, 0) is 12.5 Å². The average molecular weight is 220 g/mol. The van der Waals surface area contributed by atoms with Gasteiger partial charge in [0, 0.05) is 6.54 Å². The first-order chi connectivity index (χ1) is 5.96. The second-order valence-corrected chi connectivity index (χ2v) is 6.45. The van der Waals surface area contributed by atoms with E-state index in [9.17, 15) is 8.42 Å². The fraction of sp³-hybridized carbons (Fsp3) is 0.857. The van der Waals surface area contributed by atoms with Gasteiger partial charge in [0.1, 0.15) is 0 Å². The van der Waals surface area contributed by atoms with E-state index >= 15 is 0 Å². The zero-order valence-electron chi connectivity index (χ0n) is 7.12. The van der Waals surface area contributed by atoms with Crippen molar-refractivity contribution >= 4 is 27.0 Å². The van der Waals surface area contributed by atoms with Crippen LogP contribution in [0.25, 0.3) is 0 Å². The molecule has 3 N–H and O–H groups in total. The fourth-order valence-corrected chi connectivity index (χ4v) is 5.16. The Hall–Kier alpha value is -0.200. The van der Waals surface area contributed by atoms with Gasteiger partial charge in [-0.1, -0.05) is 12.2 Å². The summed E-state index contributed by atoms with van der Waals surface area (Å²) in [5.41, 5.74) is 5.17. The zero-order valence-corrected chi connectivity index (χ0v) is 8.75. The van der Waals surface area contributed by atoms with Crippen LogP contribution in [0, 0.1) is 11.3 Å². The molecule has 4 nitrogen and oxygen atoms in total. The van der Waals surface area contributed by atoms with Gasteiger partial charge in [-0.3, -0.25) is 0 Å². The van der Waals surface area contributed by atoms with Gasteiger partial charge in [0.15, 0.2) is 9.84 Å². The van der Waals surface area contributed by atoms with E-state index in [1.165, 1.54) is 0 Å². The molecule has 6 heteroatoms. The molecule has 2 aliphatic heterocycles. The highest BCUT2D eigenvalue weighted by atomic mass is 32.2. The molecule has 2 rings (SSSR count). The number of sulfone groups is 1. The van der Waals surface area contributed by atoms with Crippen LogP contribution >= 0.6 is 12.2 Å². The normalized spacial score (nSPS) is 41.7. The number of hydrogen-bond acceptors (Lipinski definition) is 4. The molecule has 0 saturated carbocycles. The molecule has 0 radical (unpaired) electrons. The van der Waals surface area contributed by atoms with Gasteiger partial charge in [-0.15, -0.1) is 0 Å². The van der Waals surface area contributed by atoms with E-state index < -0.39 is 15.3 Å². The first-order valence-electron chi connectivity index (χ1n) is 4.17. The second-order valence-electron chi connectivity index (χ2n) is 3.90. The first kappa shape index (κ1) is 9.36. The minimum Gasteiger partial charge on any atom is -0.393 e. The molecule has 0 aromatic rings. The maximum atomic E-state index is 11.4. The Bertz CT molecular complexity index is 352. The Morgan fingerprint density at radius 1 is 1.62 bits per heavy atom. The van der Waals surface area contributed by atoms with Crippen molar-refractivity contribution in [2.24, 2.45) is 17.1 Å². The molecular formula is C7H12N2O2S2. The molecule has 0 unspecified atom stereocenters. The molecule has 2 heterocycles. The molecule has 2 fully saturated rings. The van der Waals surface area contributed by atoms with Crippen LogP contribution in [0.5, 0.6) is 0 Å². The van der Waals surface area contributed by atoms with Gasteiger partial charge in [0.2, 0.25) is 0 Å². The number of hydrogen-bond donors (Lipinski definition) is 2. The minimum absolute atomic E-state index is 0.0926. The lowest BCUT2D eigenvalue weighted by atomic mass is 9.81. The summed E-state index contributed by atoms with van der Waals surface area (Å²) in [6, 6.07) is 0. The summed E-state index contributed by atoms with van der Waals surface area (Å²) in [5, 5.41) is 3.15.